The molecular formula is C14H14ClN3O4S2. The molecule has 1 aromatic heterocycles. The molecule has 0 saturated carbocycles. The minimum Gasteiger partial charge on any atom is -0.258 e. The van der Waals surface area contributed by atoms with Crippen LogP contribution in [0.2, 0.25) is 5.02 Å². The SMILES string of the molecule is O=[N+]([O-])c1cc(Cl)ccc1S(=O)(=O)Nc1nc2c(s1)CCCCC2. The Morgan fingerprint density at radius 3 is 2.75 bits per heavy atom. The van der Waals surface area contributed by atoms with Gasteiger partial charge in [-0.3, -0.25) is 14.8 Å². The average Bonchev–Trinajstić information content (AvgIpc) is 2.74. The third-order valence-corrected chi connectivity index (χ3v) is 6.55. The lowest BCUT2D eigenvalue weighted by atomic mass is 10.2. The van der Waals surface area contributed by atoms with Crippen molar-refractivity contribution in [2.75, 3.05) is 4.72 Å². The van der Waals surface area contributed by atoms with E-state index in [0.29, 0.717) is 0 Å². The number of nitrogens with one attached hydrogen (secondary N) is 1. The number of sulfonamides is 1. The van der Waals surface area contributed by atoms with E-state index < -0.39 is 25.5 Å². The molecule has 0 fully saturated rings. The molecule has 24 heavy (non-hydrogen) atoms. The summed E-state index contributed by atoms with van der Waals surface area (Å²) in [5.74, 6) is 0. The molecule has 1 N–H and O–H groups in total. The monoisotopic (exact) mass is 387 g/mol. The minimum atomic E-state index is -4.12. The number of anilines is 1. The Balaban J connectivity index is 1.94. The van der Waals surface area contributed by atoms with Crippen molar-refractivity contribution in [1.82, 2.24) is 4.98 Å². The van der Waals surface area contributed by atoms with Gasteiger partial charge >= 0.3 is 0 Å². The van der Waals surface area contributed by atoms with Crippen LogP contribution < -0.4 is 4.72 Å². The molecule has 0 amide bonds. The average molecular weight is 388 g/mol. The number of fused-ring (bicyclic) bond motifs is 1. The Morgan fingerprint density at radius 1 is 1.25 bits per heavy atom. The highest BCUT2D eigenvalue weighted by atomic mass is 35.5. The molecule has 3 rings (SSSR count). The lowest BCUT2D eigenvalue weighted by Crippen LogP contribution is -2.14. The molecule has 0 bridgehead atoms. The summed E-state index contributed by atoms with van der Waals surface area (Å²) in [6.45, 7) is 0. The molecule has 1 aliphatic rings. The van der Waals surface area contributed by atoms with Crippen molar-refractivity contribution in [2.24, 2.45) is 0 Å². The second-order valence-corrected chi connectivity index (χ2v) is 8.60. The number of rotatable bonds is 4. The van der Waals surface area contributed by atoms with Crippen LogP contribution in [-0.4, -0.2) is 18.3 Å². The highest BCUT2D eigenvalue weighted by molar-refractivity contribution is 7.93. The molecule has 1 heterocycles. The number of aromatic nitrogens is 1. The van der Waals surface area contributed by atoms with Gasteiger partial charge in [0.25, 0.3) is 15.7 Å². The van der Waals surface area contributed by atoms with Crippen molar-refractivity contribution >= 4 is 43.8 Å². The van der Waals surface area contributed by atoms with Crippen molar-refractivity contribution in [3.63, 3.8) is 0 Å². The van der Waals surface area contributed by atoms with Gasteiger partial charge in [0.15, 0.2) is 10.0 Å². The summed E-state index contributed by atoms with van der Waals surface area (Å²) in [6.07, 6.45) is 4.95. The zero-order chi connectivity index (χ0) is 17.3. The number of hydrogen-bond donors (Lipinski definition) is 1. The van der Waals surface area contributed by atoms with E-state index in [4.69, 9.17) is 11.6 Å². The summed E-state index contributed by atoms with van der Waals surface area (Å²) < 4.78 is 27.4. The summed E-state index contributed by atoms with van der Waals surface area (Å²) in [7, 11) is -4.12. The van der Waals surface area contributed by atoms with E-state index in [1.807, 2.05) is 0 Å². The lowest BCUT2D eigenvalue weighted by molar-refractivity contribution is -0.387. The largest absolute Gasteiger partial charge is 0.291 e. The maximum Gasteiger partial charge on any atom is 0.291 e. The number of hydrogen-bond acceptors (Lipinski definition) is 6. The first kappa shape index (κ1) is 17.1. The highest BCUT2D eigenvalue weighted by Crippen LogP contribution is 2.32. The van der Waals surface area contributed by atoms with Gasteiger partial charge in [0.05, 0.1) is 10.6 Å². The quantitative estimate of drug-likeness (QED) is 0.488. The van der Waals surface area contributed by atoms with E-state index in [2.05, 4.69) is 9.71 Å². The molecule has 2 aromatic rings. The third kappa shape index (κ3) is 3.52. The molecule has 7 nitrogen and oxygen atoms in total. The Kier molecular flexibility index (Phi) is 4.75. The van der Waals surface area contributed by atoms with Crippen LogP contribution in [0.25, 0.3) is 0 Å². The summed E-state index contributed by atoms with van der Waals surface area (Å²) in [4.78, 5) is 15.3. The molecule has 0 aliphatic heterocycles. The maximum absolute atomic E-state index is 12.5. The molecule has 1 aromatic carbocycles. The molecule has 128 valence electrons. The number of halogens is 1. The third-order valence-electron chi connectivity index (χ3n) is 3.72. The van der Waals surface area contributed by atoms with Crippen LogP contribution in [-0.2, 0) is 22.9 Å². The Hall–Kier alpha value is -1.71. The van der Waals surface area contributed by atoms with E-state index in [9.17, 15) is 18.5 Å². The smallest absolute Gasteiger partial charge is 0.258 e. The minimum absolute atomic E-state index is 0.0987. The first-order valence-electron chi connectivity index (χ1n) is 7.32. The highest BCUT2D eigenvalue weighted by Gasteiger charge is 2.27. The fourth-order valence-electron chi connectivity index (χ4n) is 2.60. The summed E-state index contributed by atoms with van der Waals surface area (Å²) in [5, 5.41) is 11.5. The Morgan fingerprint density at radius 2 is 2.00 bits per heavy atom. The van der Waals surface area contributed by atoms with Crippen molar-refractivity contribution in [3.05, 3.63) is 43.9 Å². The van der Waals surface area contributed by atoms with Crippen molar-refractivity contribution in [3.8, 4) is 0 Å². The van der Waals surface area contributed by atoms with Crippen LogP contribution in [0.15, 0.2) is 23.1 Å². The van der Waals surface area contributed by atoms with Crippen molar-refractivity contribution in [2.45, 2.75) is 37.0 Å². The summed E-state index contributed by atoms with van der Waals surface area (Å²) in [5.41, 5.74) is 0.355. The summed E-state index contributed by atoms with van der Waals surface area (Å²) >= 11 is 7.02. The zero-order valence-corrected chi connectivity index (χ0v) is 14.9. The van der Waals surface area contributed by atoms with E-state index in [0.717, 1.165) is 54.8 Å². The molecule has 0 radical (unpaired) electrons. The lowest BCUT2D eigenvalue weighted by Gasteiger charge is -2.06. The predicted octanol–water partition coefficient (Wildman–Crippen LogP) is 3.77. The van der Waals surface area contributed by atoms with Gasteiger partial charge in [0.2, 0.25) is 0 Å². The molecular weight excluding hydrogens is 374 g/mol. The van der Waals surface area contributed by atoms with E-state index in [-0.39, 0.29) is 10.2 Å². The fraction of sp³-hybridized carbons (Fsp3) is 0.357. The van der Waals surface area contributed by atoms with Gasteiger partial charge in [-0.15, -0.1) is 11.3 Å². The number of benzene rings is 1. The molecule has 0 atom stereocenters. The molecule has 10 heteroatoms. The van der Waals surface area contributed by atoms with Crippen LogP contribution in [0.4, 0.5) is 10.8 Å². The van der Waals surface area contributed by atoms with Gasteiger partial charge in [-0.1, -0.05) is 18.0 Å². The van der Waals surface area contributed by atoms with Crippen molar-refractivity contribution in [1.29, 1.82) is 0 Å². The van der Waals surface area contributed by atoms with Crippen LogP contribution in [0.1, 0.15) is 29.8 Å². The standard InChI is InChI=1S/C14H14ClN3O4S2/c15-9-6-7-13(11(8-9)18(19)20)24(21,22)17-14-16-10-4-2-1-3-5-12(10)23-14/h6-8H,1-5H2,(H,16,17). The van der Waals surface area contributed by atoms with Gasteiger partial charge in [-0.2, -0.15) is 0 Å². The maximum atomic E-state index is 12.5. The Bertz CT molecular complexity index is 872. The van der Waals surface area contributed by atoms with E-state index in [1.165, 1.54) is 17.4 Å². The van der Waals surface area contributed by atoms with Crippen LogP contribution in [0.5, 0.6) is 0 Å². The second-order valence-electron chi connectivity index (χ2n) is 5.42. The number of aryl methyl sites for hydroxylation is 2. The van der Waals surface area contributed by atoms with Crippen LogP contribution in [0, 0.1) is 10.1 Å². The van der Waals surface area contributed by atoms with Gasteiger partial charge in [-0.05, 0) is 37.8 Å². The Labute approximate surface area is 147 Å². The molecule has 0 unspecified atom stereocenters. The van der Waals surface area contributed by atoms with Crippen molar-refractivity contribution < 1.29 is 13.3 Å². The number of nitrogens with zero attached hydrogens (tertiary/aromatic N) is 2. The molecule has 0 saturated heterocycles. The number of thiazole rings is 1. The van der Waals surface area contributed by atoms with Gasteiger partial charge in [0, 0.05) is 16.0 Å². The second kappa shape index (κ2) is 6.66. The van der Waals surface area contributed by atoms with E-state index >= 15 is 0 Å². The van der Waals surface area contributed by atoms with Crippen LogP contribution >= 0.6 is 22.9 Å². The first-order valence-corrected chi connectivity index (χ1v) is 10.00. The summed E-state index contributed by atoms with van der Waals surface area (Å²) in [6, 6.07) is 3.45. The topological polar surface area (TPSA) is 102 Å². The number of nitro groups is 1. The zero-order valence-electron chi connectivity index (χ0n) is 12.5. The first-order chi connectivity index (χ1) is 11.4. The number of nitro benzene ring substituents is 1. The fourth-order valence-corrected chi connectivity index (χ4v) is 5.21. The molecule has 1 aliphatic carbocycles. The predicted molar refractivity (Wildman–Crippen MR) is 92.3 cm³/mol. The van der Waals surface area contributed by atoms with Crippen LogP contribution in [0.3, 0.4) is 0 Å². The van der Waals surface area contributed by atoms with Gasteiger partial charge in [-0.25, -0.2) is 13.4 Å². The van der Waals surface area contributed by atoms with Gasteiger partial charge in [0.1, 0.15) is 0 Å². The van der Waals surface area contributed by atoms with E-state index in [1.54, 1.807) is 0 Å². The normalized spacial score (nSPS) is 14.7. The van der Waals surface area contributed by atoms with Gasteiger partial charge < -0.3 is 0 Å². The molecule has 0 spiro atoms.